The second-order valence-corrected chi connectivity index (χ2v) is 8.70. The Bertz CT molecular complexity index is 1340. The molecule has 3 aromatic rings. The van der Waals surface area contributed by atoms with E-state index in [0.29, 0.717) is 28.7 Å². The van der Waals surface area contributed by atoms with E-state index in [2.05, 4.69) is 18.2 Å². The summed E-state index contributed by atoms with van der Waals surface area (Å²) in [5.41, 5.74) is 9.45. The lowest BCUT2D eigenvalue weighted by molar-refractivity contribution is -0.132. The maximum atomic E-state index is 14.7. The van der Waals surface area contributed by atoms with E-state index in [1.807, 2.05) is 24.3 Å². The van der Waals surface area contributed by atoms with Gasteiger partial charge in [-0.05, 0) is 65.8 Å². The molecule has 0 fully saturated rings. The number of hydrogen-bond acceptors (Lipinski definition) is 4. The van der Waals surface area contributed by atoms with Crippen LogP contribution in [0.15, 0.2) is 71.7 Å². The van der Waals surface area contributed by atoms with Gasteiger partial charge in [-0.3, -0.25) is 9.69 Å². The minimum Gasteiger partial charge on any atom is -0.369 e. The normalized spacial score (nSPS) is 22.0. The molecule has 0 bridgehead atoms. The number of guanidine groups is 1. The third-order valence-electron chi connectivity index (χ3n) is 6.91. The lowest BCUT2D eigenvalue weighted by Gasteiger charge is -2.37. The summed E-state index contributed by atoms with van der Waals surface area (Å²) in [6.07, 6.45) is 2.35. The van der Waals surface area contributed by atoms with Gasteiger partial charge in [0.25, 0.3) is 5.91 Å². The van der Waals surface area contributed by atoms with Crippen LogP contribution in [0.4, 0.5) is 4.39 Å². The van der Waals surface area contributed by atoms with Crippen molar-refractivity contribution < 1.29 is 9.18 Å². The van der Waals surface area contributed by atoms with E-state index >= 15 is 0 Å². The summed E-state index contributed by atoms with van der Waals surface area (Å²) in [5, 5.41) is 9.26. The predicted molar refractivity (Wildman–Crippen MR) is 125 cm³/mol. The first-order valence-corrected chi connectivity index (χ1v) is 10.9. The van der Waals surface area contributed by atoms with Gasteiger partial charge in [0.15, 0.2) is 11.5 Å². The second-order valence-electron chi connectivity index (χ2n) is 8.70. The molecule has 0 saturated carbocycles. The molecule has 3 aromatic carbocycles. The van der Waals surface area contributed by atoms with Crippen LogP contribution in [-0.4, -0.2) is 23.8 Å². The van der Waals surface area contributed by atoms with Crippen LogP contribution in [-0.2, 0) is 23.2 Å². The third kappa shape index (κ3) is 3.28. The number of nitrogens with zero attached hydrogens (tertiary/aromatic N) is 3. The Labute approximate surface area is 192 Å². The second kappa shape index (κ2) is 7.86. The fourth-order valence-corrected chi connectivity index (χ4v) is 5.15. The molecule has 2 aliphatic rings. The number of benzene rings is 3. The van der Waals surface area contributed by atoms with Crippen LogP contribution in [0.5, 0.6) is 0 Å². The zero-order valence-corrected chi connectivity index (χ0v) is 18.3. The molecule has 33 heavy (non-hydrogen) atoms. The summed E-state index contributed by atoms with van der Waals surface area (Å²) in [7, 11) is 1.64. The first-order chi connectivity index (χ1) is 15.9. The number of halogens is 1. The summed E-state index contributed by atoms with van der Waals surface area (Å²) in [6.45, 7) is 0. The predicted octanol–water partition coefficient (Wildman–Crippen LogP) is 4.15. The minimum absolute atomic E-state index is 0.0889. The van der Waals surface area contributed by atoms with Crippen molar-refractivity contribution in [2.24, 2.45) is 16.6 Å². The monoisotopic (exact) mass is 438 g/mol. The highest BCUT2D eigenvalue weighted by atomic mass is 19.1. The van der Waals surface area contributed by atoms with Crippen molar-refractivity contribution in [1.29, 1.82) is 5.26 Å². The fourth-order valence-electron chi connectivity index (χ4n) is 5.15. The van der Waals surface area contributed by atoms with Crippen molar-refractivity contribution in [3.05, 3.63) is 94.8 Å². The smallest absolute Gasteiger partial charge is 0.261 e. The van der Waals surface area contributed by atoms with Gasteiger partial charge in [-0.1, -0.05) is 42.5 Å². The van der Waals surface area contributed by atoms with E-state index in [1.165, 1.54) is 34.2 Å². The Hall–Kier alpha value is -3.98. The lowest BCUT2D eigenvalue weighted by atomic mass is 9.69. The molecule has 1 aliphatic carbocycles. The van der Waals surface area contributed by atoms with Gasteiger partial charge >= 0.3 is 0 Å². The maximum Gasteiger partial charge on any atom is 0.261 e. The van der Waals surface area contributed by atoms with Gasteiger partial charge in [0, 0.05) is 18.5 Å². The van der Waals surface area contributed by atoms with Crippen LogP contribution in [0.2, 0.25) is 0 Å². The topological polar surface area (TPSA) is 82.5 Å². The van der Waals surface area contributed by atoms with Gasteiger partial charge in [0.05, 0.1) is 11.6 Å². The number of aryl methyl sites for hydroxylation is 1. The fraction of sp³-hybridized carbons (Fsp3) is 0.222. The minimum atomic E-state index is -1.17. The summed E-state index contributed by atoms with van der Waals surface area (Å²) in [5.74, 6) is -0.506. The highest BCUT2D eigenvalue weighted by molar-refractivity contribution is 6.07. The van der Waals surface area contributed by atoms with Gasteiger partial charge in [-0.15, -0.1) is 0 Å². The molecule has 5 nitrogen and oxygen atoms in total. The molecule has 0 aromatic heterocycles. The first kappa shape index (κ1) is 20.9. The number of nitrogens with two attached hydrogens (primary N) is 1. The summed E-state index contributed by atoms with van der Waals surface area (Å²) < 4.78 is 14.7. The summed E-state index contributed by atoms with van der Waals surface area (Å²) in [6, 6.07) is 21.9. The highest BCUT2D eigenvalue weighted by Crippen LogP contribution is 2.46. The van der Waals surface area contributed by atoms with E-state index in [0.717, 1.165) is 12.8 Å². The van der Waals surface area contributed by atoms with Crippen LogP contribution < -0.4 is 5.73 Å². The molecule has 0 spiro atoms. The van der Waals surface area contributed by atoms with Gasteiger partial charge in [0.2, 0.25) is 0 Å². The SMILES string of the molecule is CN1C(=O)C(c2cccc(-c3cc(C#N)ccc3F)c2)(C2CCc3ccccc3C2)N=C1N. The number of carbonyl (C=O) groups excluding carboxylic acids is 1. The molecular formula is C27H23FN4O. The van der Waals surface area contributed by atoms with E-state index in [1.54, 1.807) is 19.2 Å². The summed E-state index contributed by atoms with van der Waals surface area (Å²) in [4.78, 5) is 19.9. The summed E-state index contributed by atoms with van der Waals surface area (Å²) >= 11 is 0. The molecule has 164 valence electrons. The lowest BCUT2D eigenvalue weighted by Crippen LogP contribution is -2.46. The number of hydrogen-bond donors (Lipinski definition) is 1. The number of carbonyl (C=O) groups is 1. The van der Waals surface area contributed by atoms with Crippen LogP contribution in [0.25, 0.3) is 11.1 Å². The number of aliphatic imine (C=N–C) groups is 1. The van der Waals surface area contributed by atoms with Gasteiger partial charge in [0.1, 0.15) is 5.82 Å². The molecule has 2 unspecified atom stereocenters. The Kier molecular flexibility index (Phi) is 4.98. The Morgan fingerprint density at radius 1 is 1.12 bits per heavy atom. The van der Waals surface area contributed by atoms with Crippen molar-refractivity contribution in [2.75, 3.05) is 7.05 Å². The Balaban J connectivity index is 1.65. The molecule has 1 amide bonds. The van der Waals surface area contributed by atoms with Crippen molar-refractivity contribution in [1.82, 2.24) is 4.90 Å². The number of amides is 1. The average molecular weight is 439 g/mol. The van der Waals surface area contributed by atoms with Crippen molar-refractivity contribution >= 4 is 11.9 Å². The largest absolute Gasteiger partial charge is 0.369 e. The number of fused-ring (bicyclic) bond motifs is 1. The highest BCUT2D eigenvalue weighted by Gasteiger charge is 2.53. The zero-order chi connectivity index (χ0) is 23.2. The molecule has 2 N–H and O–H groups in total. The Morgan fingerprint density at radius 2 is 1.91 bits per heavy atom. The van der Waals surface area contributed by atoms with Crippen LogP contribution >= 0.6 is 0 Å². The van der Waals surface area contributed by atoms with Crippen molar-refractivity contribution in [3.8, 4) is 17.2 Å². The Morgan fingerprint density at radius 3 is 2.64 bits per heavy atom. The number of rotatable bonds is 3. The molecule has 6 heteroatoms. The molecule has 0 saturated heterocycles. The molecule has 1 heterocycles. The molecule has 1 aliphatic heterocycles. The van der Waals surface area contributed by atoms with Gasteiger partial charge < -0.3 is 5.73 Å². The zero-order valence-electron chi connectivity index (χ0n) is 18.3. The van der Waals surface area contributed by atoms with Crippen LogP contribution in [0.3, 0.4) is 0 Å². The third-order valence-corrected chi connectivity index (χ3v) is 6.91. The van der Waals surface area contributed by atoms with E-state index < -0.39 is 11.4 Å². The van der Waals surface area contributed by atoms with Gasteiger partial charge in [-0.2, -0.15) is 5.26 Å². The average Bonchev–Trinajstić information content (AvgIpc) is 3.09. The first-order valence-electron chi connectivity index (χ1n) is 10.9. The van der Waals surface area contributed by atoms with E-state index in [4.69, 9.17) is 10.7 Å². The molecule has 0 radical (unpaired) electrons. The van der Waals surface area contributed by atoms with Gasteiger partial charge in [-0.25, -0.2) is 9.38 Å². The number of likely N-dealkylation sites (N-methyl/N-ethyl adjacent to an activating group) is 1. The molecule has 5 rings (SSSR count). The standard InChI is InChI=1S/C27H23FN4O/c1-32-25(33)27(31-26(32)30,22-11-10-18-5-2-3-6-19(18)14-22)21-8-4-7-20(15-21)23-13-17(16-29)9-12-24(23)28/h2-9,12-13,15,22H,10-11,14H2,1H3,(H2,30,31). The molecular weight excluding hydrogens is 415 g/mol. The van der Waals surface area contributed by atoms with E-state index in [-0.39, 0.29) is 17.8 Å². The van der Waals surface area contributed by atoms with Crippen molar-refractivity contribution in [3.63, 3.8) is 0 Å². The van der Waals surface area contributed by atoms with E-state index in [9.17, 15) is 14.4 Å². The van der Waals surface area contributed by atoms with Crippen molar-refractivity contribution in [2.45, 2.75) is 24.8 Å². The molecule has 2 atom stereocenters. The number of nitriles is 1. The quantitative estimate of drug-likeness (QED) is 0.667. The van der Waals surface area contributed by atoms with Crippen LogP contribution in [0.1, 0.15) is 28.7 Å². The maximum absolute atomic E-state index is 14.7. The van der Waals surface area contributed by atoms with Crippen LogP contribution in [0, 0.1) is 23.1 Å².